The first kappa shape index (κ1) is 26.2. The van der Waals surface area contributed by atoms with Gasteiger partial charge < -0.3 is 9.80 Å². The summed E-state index contributed by atoms with van der Waals surface area (Å²) in [6.07, 6.45) is -2.39. The summed E-state index contributed by atoms with van der Waals surface area (Å²) in [6.45, 7) is 3.50. The van der Waals surface area contributed by atoms with Crippen molar-refractivity contribution >= 4 is 11.8 Å². The molecule has 0 radical (unpaired) electrons. The van der Waals surface area contributed by atoms with Gasteiger partial charge in [-0.15, -0.1) is 0 Å². The van der Waals surface area contributed by atoms with Crippen molar-refractivity contribution in [1.82, 2.24) is 14.7 Å². The number of piperidine rings is 1. The molecule has 2 aromatic rings. The Bertz CT molecular complexity index is 1080. The zero-order chi connectivity index (χ0) is 26.3. The molecule has 1 fully saturated rings. The van der Waals surface area contributed by atoms with Crippen LogP contribution in [0.15, 0.2) is 48.5 Å². The summed E-state index contributed by atoms with van der Waals surface area (Å²) in [5.74, 6) is -0.535. The van der Waals surface area contributed by atoms with Crippen LogP contribution in [0.25, 0.3) is 0 Å². The monoisotopic (exact) mass is 501 g/mol. The third kappa shape index (κ3) is 4.63. The highest BCUT2D eigenvalue weighted by Gasteiger charge is 2.54. The van der Waals surface area contributed by atoms with E-state index in [1.54, 1.807) is 18.9 Å². The summed E-state index contributed by atoms with van der Waals surface area (Å²) in [7, 11) is 3.05. The van der Waals surface area contributed by atoms with Crippen LogP contribution in [0.4, 0.5) is 13.2 Å². The molecule has 0 saturated carbocycles. The highest BCUT2D eigenvalue weighted by Crippen LogP contribution is 2.47. The van der Waals surface area contributed by atoms with Gasteiger partial charge in [0.25, 0.3) is 0 Å². The number of fused-ring (bicyclic) bond motifs is 2. The zero-order valence-electron chi connectivity index (χ0n) is 21.3. The Hall–Kier alpha value is -2.87. The molecule has 0 bridgehead atoms. The Kier molecular flexibility index (Phi) is 7.19. The minimum Gasteiger partial charge on any atom is -0.343 e. The predicted octanol–water partition coefficient (Wildman–Crippen LogP) is 4.23. The number of rotatable bonds is 5. The van der Waals surface area contributed by atoms with Crippen LogP contribution in [0.5, 0.6) is 0 Å². The summed E-state index contributed by atoms with van der Waals surface area (Å²) in [5.41, 5.74) is 2.19. The van der Waals surface area contributed by atoms with Crippen LogP contribution in [0.1, 0.15) is 48.9 Å². The predicted molar refractivity (Wildman–Crippen MR) is 133 cm³/mol. The first-order valence-electron chi connectivity index (χ1n) is 12.4. The van der Waals surface area contributed by atoms with Crippen molar-refractivity contribution in [1.29, 1.82) is 0 Å². The van der Waals surface area contributed by atoms with E-state index in [0.29, 0.717) is 19.5 Å². The fraction of sp³-hybridized carbons (Fsp3) is 0.500. The van der Waals surface area contributed by atoms with Gasteiger partial charge in [-0.3, -0.25) is 14.5 Å². The number of alkyl halides is 3. The second-order valence-electron chi connectivity index (χ2n) is 10.1. The number of hydrogen-bond acceptors (Lipinski definition) is 3. The molecule has 4 rings (SSSR count). The average molecular weight is 502 g/mol. The van der Waals surface area contributed by atoms with E-state index in [1.807, 2.05) is 55.5 Å². The van der Waals surface area contributed by atoms with Crippen LogP contribution in [0.3, 0.4) is 0 Å². The minimum absolute atomic E-state index is 0.0112. The average Bonchev–Trinajstić information content (AvgIpc) is 2.85. The number of halogens is 3. The van der Waals surface area contributed by atoms with E-state index < -0.39 is 30.1 Å². The van der Waals surface area contributed by atoms with Crippen LogP contribution in [-0.2, 0) is 21.4 Å². The molecule has 2 aliphatic rings. The summed E-state index contributed by atoms with van der Waals surface area (Å²) in [6, 6.07) is 15.0. The van der Waals surface area contributed by atoms with Gasteiger partial charge in [-0.2, -0.15) is 13.2 Å². The quantitative estimate of drug-likeness (QED) is 0.616. The minimum atomic E-state index is -4.50. The molecule has 194 valence electrons. The lowest BCUT2D eigenvalue weighted by atomic mass is 9.61. The van der Waals surface area contributed by atoms with Crippen LogP contribution in [0, 0.1) is 0 Å². The highest BCUT2D eigenvalue weighted by atomic mass is 19.4. The molecule has 0 aromatic heterocycles. The van der Waals surface area contributed by atoms with Crippen LogP contribution >= 0.6 is 0 Å². The summed E-state index contributed by atoms with van der Waals surface area (Å²) in [5, 5.41) is 0. The SMILES string of the molecule is CC(=O)N(C)C1CCN(C(C)C2(C(=O)N(C)CC(F)(F)F)c3ccccc3Cc3ccccc32)CC1. The normalized spacial score (nSPS) is 18.6. The number of carbonyl (C=O) groups excluding carboxylic acids is 2. The molecule has 8 heteroatoms. The Balaban J connectivity index is 1.82. The topological polar surface area (TPSA) is 43.9 Å². The first-order chi connectivity index (χ1) is 17.0. The van der Waals surface area contributed by atoms with E-state index in [0.717, 1.165) is 40.0 Å². The highest BCUT2D eigenvalue weighted by molar-refractivity contribution is 5.95. The molecule has 0 spiro atoms. The van der Waals surface area contributed by atoms with Gasteiger partial charge in [-0.25, -0.2) is 0 Å². The van der Waals surface area contributed by atoms with Crippen molar-refractivity contribution in [2.75, 3.05) is 33.7 Å². The Morgan fingerprint density at radius 3 is 1.97 bits per heavy atom. The Morgan fingerprint density at radius 2 is 1.50 bits per heavy atom. The van der Waals surface area contributed by atoms with Crippen molar-refractivity contribution in [3.05, 3.63) is 70.8 Å². The summed E-state index contributed by atoms with van der Waals surface area (Å²) >= 11 is 0. The lowest BCUT2D eigenvalue weighted by Gasteiger charge is -2.50. The molecule has 0 N–H and O–H groups in total. The maximum absolute atomic E-state index is 14.3. The maximum Gasteiger partial charge on any atom is 0.406 e. The number of likely N-dealkylation sites (tertiary alicyclic amines) is 1. The smallest absolute Gasteiger partial charge is 0.343 e. The van der Waals surface area contributed by atoms with E-state index >= 15 is 0 Å². The molecule has 36 heavy (non-hydrogen) atoms. The molecule has 1 aliphatic heterocycles. The third-order valence-electron chi connectivity index (χ3n) is 8.08. The van der Waals surface area contributed by atoms with Crippen molar-refractivity contribution in [2.24, 2.45) is 0 Å². The molecule has 5 nitrogen and oxygen atoms in total. The lowest BCUT2D eigenvalue weighted by Crippen LogP contribution is -2.62. The van der Waals surface area contributed by atoms with Gasteiger partial charge in [0.1, 0.15) is 12.0 Å². The Morgan fingerprint density at radius 1 is 1.00 bits per heavy atom. The van der Waals surface area contributed by atoms with E-state index in [4.69, 9.17) is 0 Å². The number of nitrogens with zero attached hydrogens (tertiary/aromatic N) is 3. The fourth-order valence-corrected chi connectivity index (χ4v) is 6.16. The largest absolute Gasteiger partial charge is 0.406 e. The summed E-state index contributed by atoms with van der Waals surface area (Å²) < 4.78 is 40.4. The van der Waals surface area contributed by atoms with E-state index in [1.165, 1.54) is 7.05 Å². The molecule has 2 aromatic carbocycles. The second-order valence-corrected chi connectivity index (χ2v) is 10.1. The van der Waals surface area contributed by atoms with Gasteiger partial charge in [-0.1, -0.05) is 48.5 Å². The first-order valence-corrected chi connectivity index (χ1v) is 12.4. The third-order valence-corrected chi connectivity index (χ3v) is 8.08. The van der Waals surface area contributed by atoms with E-state index in [-0.39, 0.29) is 11.9 Å². The van der Waals surface area contributed by atoms with Crippen molar-refractivity contribution < 1.29 is 22.8 Å². The van der Waals surface area contributed by atoms with Gasteiger partial charge in [0.05, 0.1) is 0 Å². The zero-order valence-corrected chi connectivity index (χ0v) is 21.3. The fourth-order valence-electron chi connectivity index (χ4n) is 6.16. The van der Waals surface area contributed by atoms with Gasteiger partial charge in [-0.05, 0) is 48.4 Å². The molecule has 1 saturated heterocycles. The van der Waals surface area contributed by atoms with E-state index in [9.17, 15) is 22.8 Å². The molecule has 1 atom stereocenters. The van der Waals surface area contributed by atoms with Gasteiger partial charge >= 0.3 is 6.18 Å². The number of amides is 2. The molecule has 2 amide bonds. The Labute approximate surface area is 210 Å². The molecule has 1 unspecified atom stereocenters. The number of benzene rings is 2. The maximum atomic E-state index is 14.3. The van der Waals surface area contributed by atoms with Gasteiger partial charge in [0.15, 0.2) is 0 Å². The van der Waals surface area contributed by atoms with Gasteiger partial charge in [0.2, 0.25) is 11.8 Å². The molecule has 1 heterocycles. The van der Waals surface area contributed by atoms with Crippen molar-refractivity contribution in [2.45, 2.75) is 56.8 Å². The number of hydrogen-bond donors (Lipinski definition) is 0. The number of carbonyl (C=O) groups is 2. The standard InChI is InChI=1S/C28H34F3N3O2/c1-19(34-15-13-23(14-16-34)33(4)20(2)35)28(26(36)32(3)18-27(29,30)31)24-11-7-5-9-21(24)17-22-10-6-8-12-25(22)28/h5-12,19,23H,13-18H2,1-4H3. The van der Waals surface area contributed by atoms with Crippen LogP contribution < -0.4 is 0 Å². The van der Waals surface area contributed by atoms with E-state index in [2.05, 4.69) is 4.90 Å². The van der Waals surface area contributed by atoms with Crippen LogP contribution in [-0.4, -0.2) is 78.5 Å². The van der Waals surface area contributed by atoms with Crippen molar-refractivity contribution in [3.8, 4) is 0 Å². The lowest BCUT2D eigenvalue weighted by molar-refractivity contribution is -0.162. The van der Waals surface area contributed by atoms with Gasteiger partial charge in [0, 0.05) is 46.2 Å². The molecular formula is C28H34F3N3O2. The second kappa shape index (κ2) is 9.88. The van der Waals surface area contributed by atoms with Crippen molar-refractivity contribution in [3.63, 3.8) is 0 Å². The van der Waals surface area contributed by atoms with Crippen LogP contribution in [0.2, 0.25) is 0 Å². The number of likely N-dealkylation sites (N-methyl/N-ethyl adjacent to an activating group) is 1. The summed E-state index contributed by atoms with van der Waals surface area (Å²) in [4.78, 5) is 31.0. The molecule has 1 aliphatic carbocycles. The molecular weight excluding hydrogens is 467 g/mol.